The smallest absolute Gasteiger partial charge is 0.123 e. The van der Waals surface area contributed by atoms with E-state index in [0.717, 1.165) is 6.54 Å². The zero-order valence-corrected chi connectivity index (χ0v) is 11.9. The van der Waals surface area contributed by atoms with Crippen molar-refractivity contribution in [1.29, 1.82) is 0 Å². The second kappa shape index (κ2) is 6.50. The van der Waals surface area contributed by atoms with Gasteiger partial charge in [0.05, 0.1) is 5.60 Å². The molecular weight excluding hydrogens is 253 g/mol. The van der Waals surface area contributed by atoms with Gasteiger partial charge in [-0.1, -0.05) is 25.4 Å². The third kappa shape index (κ3) is 4.56. The second-order valence-corrected chi connectivity index (χ2v) is 5.65. The third-order valence-corrected chi connectivity index (χ3v) is 3.18. The number of benzene rings is 1. The molecule has 0 aromatic heterocycles. The van der Waals surface area contributed by atoms with Crippen LogP contribution >= 0.6 is 11.6 Å². The summed E-state index contributed by atoms with van der Waals surface area (Å²) in [5.41, 5.74) is -0.682. The standard InChI is InChI=1S/C14H21ClFNO/c1-10(2)9-17-7-6-14(3,18)12-8-11(16)4-5-13(12)15/h4-5,8,10,17-18H,6-7,9H2,1-3H3. The van der Waals surface area contributed by atoms with E-state index < -0.39 is 5.60 Å². The van der Waals surface area contributed by atoms with E-state index >= 15 is 0 Å². The largest absolute Gasteiger partial charge is 0.385 e. The first kappa shape index (κ1) is 15.4. The van der Waals surface area contributed by atoms with Crippen molar-refractivity contribution in [3.8, 4) is 0 Å². The zero-order valence-electron chi connectivity index (χ0n) is 11.1. The van der Waals surface area contributed by atoms with Crippen molar-refractivity contribution in [3.05, 3.63) is 34.6 Å². The van der Waals surface area contributed by atoms with Crippen molar-refractivity contribution in [2.24, 2.45) is 5.92 Å². The molecule has 1 aromatic rings. The molecule has 2 N–H and O–H groups in total. The zero-order chi connectivity index (χ0) is 13.8. The summed E-state index contributed by atoms with van der Waals surface area (Å²) in [6.45, 7) is 7.46. The lowest BCUT2D eigenvalue weighted by molar-refractivity contribution is 0.0476. The number of hydrogen-bond donors (Lipinski definition) is 2. The maximum atomic E-state index is 13.2. The highest BCUT2D eigenvalue weighted by Crippen LogP contribution is 2.30. The summed E-state index contributed by atoms with van der Waals surface area (Å²) in [6.07, 6.45) is 0.489. The monoisotopic (exact) mass is 273 g/mol. The normalized spacial score (nSPS) is 14.8. The van der Waals surface area contributed by atoms with Gasteiger partial charge in [-0.05, 0) is 50.6 Å². The van der Waals surface area contributed by atoms with Gasteiger partial charge in [-0.15, -0.1) is 0 Å². The van der Waals surface area contributed by atoms with Crippen molar-refractivity contribution in [1.82, 2.24) is 5.32 Å². The van der Waals surface area contributed by atoms with Crippen molar-refractivity contribution in [3.63, 3.8) is 0 Å². The molecule has 0 heterocycles. The van der Waals surface area contributed by atoms with Crippen LogP contribution in [0.3, 0.4) is 0 Å². The van der Waals surface area contributed by atoms with Crippen LogP contribution in [0.1, 0.15) is 32.8 Å². The Morgan fingerprint density at radius 2 is 2.11 bits per heavy atom. The van der Waals surface area contributed by atoms with Crippen molar-refractivity contribution < 1.29 is 9.50 Å². The Balaban J connectivity index is 2.64. The van der Waals surface area contributed by atoms with Crippen molar-refractivity contribution >= 4 is 11.6 Å². The van der Waals surface area contributed by atoms with E-state index in [1.54, 1.807) is 6.92 Å². The Morgan fingerprint density at radius 1 is 1.44 bits per heavy atom. The predicted octanol–water partition coefficient (Wildman–Crippen LogP) is 3.32. The lowest BCUT2D eigenvalue weighted by Gasteiger charge is -2.25. The van der Waals surface area contributed by atoms with Gasteiger partial charge in [0.15, 0.2) is 0 Å². The molecule has 1 unspecified atom stereocenters. The molecule has 0 bridgehead atoms. The Kier molecular flexibility index (Phi) is 5.57. The minimum atomic E-state index is -1.12. The summed E-state index contributed by atoms with van der Waals surface area (Å²) in [6, 6.07) is 4.06. The molecule has 0 spiro atoms. The fraction of sp³-hybridized carbons (Fsp3) is 0.571. The Bertz CT molecular complexity index is 393. The Morgan fingerprint density at radius 3 is 2.72 bits per heavy atom. The van der Waals surface area contributed by atoms with E-state index in [1.807, 2.05) is 0 Å². The first-order chi connectivity index (χ1) is 8.33. The fourth-order valence-electron chi connectivity index (χ4n) is 1.77. The van der Waals surface area contributed by atoms with Gasteiger partial charge < -0.3 is 10.4 Å². The average Bonchev–Trinajstić information content (AvgIpc) is 2.27. The number of aliphatic hydroxyl groups is 1. The van der Waals surface area contributed by atoms with Gasteiger partial charge in [-0.25, -0.2) is 4.39 Å². The molecule has 0 radical (unpaired) electrons. The topological polar surface area (TPSA) is 32.3 Å². The summed E-state index contributed by atoms with van der Waals surface area (Å²) in [4.78, 5) is 0. The molecule has 0 saturated heterocycles. The predicted molar refractivity (Wildman–Crippen MR) is 73.3 cm³/mol. The number of nitrogens with one attached hydrogen (secondary N) is 1. The lowest BCUT2D eigenvalue weighted by atomic mass is 9.92. The van der Waals surface area contributed by atoms with Gasteiger partial charge >= 0.3 is 0 Å². The summed E-state index contributed by atoms with van der Waals surface area (Å²) in [7, 11) is 0. The number of hydrogen-bond acceptors (Lipinski definition) is 2. The minimum Gasteiger partial charge on any atom is -0.385 e. The van der Waals surface area contributed by atoms with Gasteiger partial charge in [0.1, 0.15) is 5.82 Å². The summed E-state index contributed by atoms with van der Waals surface area (Å²) < 4.78 is 13.2. The van der Waals surface area contributed by atoms with Crippen LogP contribution in [0.2, 0.25) is 5.02 Å². The molecule has 1 atom stereocenters. The van der Waals surface area contributed by atoms with Gasteiger partial charge in [-0.3, -0.25) is 0 Å². The first-order valence-corrected chi connectivity index (χ1v) is 6.59. The van der Waals surface area contributed by atoms with E-state index in [1.165, 1.54) is 18.2 Å². The van der Waals surface area contributed by atoms with Gasteiger partial charge in [0, 0.05) is 10.6 Å². The van der Waals surface area contributed by atoms with E-state index in [9.17, 15) is 9.50 Å². The Labute approximate surface area is 113 Å². The second-order valence-electron chi connectivity index (χ2n) is 5.25. The lowest BCUT2D eigenvalue weighted by Crippen LogP contribution is -2.30. The number of rotatable bonds is 6. The molecule has 0 fully saturated rings. The molecule has 0 aliphatic rings. The first-order valence-electron chi connectivity index (χ1n) is 6.21. The van der Waals surface area contributed by atoms with Crippen LogP contribution in [-0.4, -0.2) is 18.2 Å². The van der Waals surface area contributed by atoms with E-state index in [0.29, 0.717) is 29.5 Å². The SMILES string of the molecule is CC(C)CNCCC(C)(O)c1cc(F)ccc1Cl. The molecule has 0 aliphatic carbocycles. The molecule has 102 valence electrons. The van der Waals surface area contributed by atoms with Crippen LogP contribution in [0.4, 0.5) is 4.39 Å². The molecule has 1 aromatic carbocycles. The van der Waals surface area contributed by atoms with Crippen LogP contribution in [-0.2, 0) is 5.60 Å². The van der Waals surface area contributed by atoms with Gasteiger partial charge in [0.2, 0.25) is 0 Å². The molecule has 4 heteroatoms. The molecule has 0 aliphatic heterocycles. The molecule has 0 saturated carbocycles. The van der Waals surface area contributed by atoms with Crippen LogP contribution in [0.25, 0.3) is 0 Å². The summed E-state index contributed by atoms with van der Waals surface area (Å²) in [5, 5.41) is 14.0. The third-order valence-electron chi connectivity index (χ3n) is 2.85. The molecule has 0 amide bonds. The van der Waals surface area contributed by atoms with Gasteiger partial charge in [-0.2, -0.15) is 0 Å². The quantitative estimate of drug-likeness (QED) is 0.780. The van der Waals surface area contributed by atoms with E-state index in [4.69, 9.17) is 11.6 Å². The van der Waals surface area contributed by atoms with E-state index in [-0.39, 0.29) is 5.82 Å². The highest BCUT2D eigenvalue weighted by atomic mass is 35.5. The molecule has 1 rings (SSSR count). The van der Waals surface area contributed by atoms with E-state index in [2.05, 4.69) is 19.2 Å². The average molecular weight is 274 g/mol. The van der Waals surface area contributed by atoms with Crippen molar-refractivity contribution in [2.45, 2.75) is 32.8 Å². The van der Waals surface area contributed by atoms with Gasteiger partial charge in [0.25, 0.3) is 0 Å². The molecular formula is C14H21ClFNO. The Hall–Kier alpha value is -0.640. The van der Waals surface area contributed by atoms with Crippen molar-refractivity contribution in [2.75, 3.05) is 13.1 Å². The summed E-state index contributed by atoms with van der Waals surface area (Å²) >= 11 is 6.00. The summed E-state index contributed by atoms with van der Waals surface area (Å²) in [5.74, 6) is 0.178. The highest BCUT2D eigenvalue weighted by molar-refractivity contribution is 6.31. The minimum absolute atomic E-state index is 0.384. The number of halogens is 2. The van der Waals surface area contributed by atoms with Crippen LogP contribution in [0.5, 0.6) is 0 Å². The maximum absolute atomic E-state index is 13.2. The van der Waals surface area contributed by atoms with Crippen LogP contribution in [0, 0.1) is 11.7 Å². The highest BCUT2D eigenvalue weighted by Gasteiger charge is 2.25. The maximum Gasteiger partial charge on any atom is 0.123 e. The van der Waals surface area contributed by atoms with Crippen LogP contribution in [0.15, 0.2) is 18.2 Å². The molecule has 2 nitrogen and oxygen atoms in total. The fourth-order valence-corrected chi connectivity index (χ4v) is 2.09. The van der Waals surface area contributed by atoms with Crippen LogP contribution < -0.4 is 5.32 Å². The molecule has 18 heavy (non-hydrogen) atoms.